The van der Waals surface area contributed by atoms with Crippen LogP contribution in [0.3, 0.4) is 0 Å². The van der Waals surface area contributed by atoms with Crippen LogP contribution in [0.1, 0.15) is 12.5 Å². The number of aliphatic hydroxyl groups excluding tert-OH is 1. The molecular formula is C14H19N3O2. The lowest BCUT2D eigenvalue weighted by atomic mass is 10.1. The Kier molecular flexibility index (Phi) is 4.19. The van der Waals surface area contributed by atoms with E-state index in [1.165, 1.54) is 0 Å². The molecule has 1 amide bonds. The summed E-state index contributed by atoms with van der Waals surface area (Å²) in [7, 11) is 0. The number of hydrogen-bond donors (Lipinski definition) is 4. The smallest absolute Gasteiger partial charge is 0.224 e. The number of hydrogen-bond acceptors (Lipinski definition) is 3. The van der Waals surface area contributed by atoms with Crippen LogP contribution in [-0.4, -0.2) is 34.7 Å². The number of rotatable bonds is 5. The summed E-state index contributed by atoms with van der Waals surface area (Å²) in [5.41, 5.74) is 7.63. The van der Waals surface area contributed by atoms with Crippen LogP contribution in [0.5, 0.6) is 0 Å². The van der Waals surface area contributed by atoms with Crippen molar-refractivity contribution in [3.8, 4) is 0 Å². The highest BCUT2D eigenvalue weighted by Gasteiger charge is 2.12. The normalized spacial score (nSPS) is 14.3. The second-order valence-corrected chi connectivity index (χ2v) is 4.74. The number of benzene rings is 1. The van der Waals surface area contributed by atoms with Gasteiger partial charge >= 0.3 is 0 Å². The van der Waals surface area contributed by atoms with Crippen LogP contribution >= 0.6 is 0 Å². The van der Waals surface area contributed by atoms with Gasteiger partial charge < -0.3 is 21.1 Å². The summed E-state index contributed by atoms with van der Waals surface area (Å²) in [4.78, 5) is 15.0. The fourth-order valence-electron chi connectivity index (χ4n) is 1.92. The summed E-state index contributed by atoms with van der Waals surface area (Å²) in [5.74, 6) is -0.0964. The van der Waals surface area contributed by atoms with Gasteiger partial charge in [-0.25, -0.2) is 0 Å². The number of para-hydroxylation sites is 1. The Hall–Kier alpha value is -1.85. The molecule has 2 rings (SSSR count). The monoisotopic (exact) mass is 261 g/mol. The second kappa shape index (κ2) is 5.86. The number of nitrogens with two attached hydrogens (primary N) is 1. The van der Waals surface area contributed by atoms with Crippen LogP contribution in [0.4, 0.5) is 0 Å². The van der Waals surface area contributed by atoms with Crippen molar-refractivity contribution in [1.29, 1.82) is 0 Å². The SMILES string of the molecule is CC(O)C(N)CNC(=O)Cc1c[nH]c2ccccc12. The molecule has 19 heavy (non-hydrogen) atoms. The number of carbonyl (C=O) groups excluding carboxylic acids is 1. The van der Waals surface area contributed by atoms with Crippen molar-refractivity contribution in [3.05, 3.63) is 36.0 Å². The van der Waals surface area contributed by atoms with Crippen molar-refractivity contribution in [2.24, 2.45) is 5.73 Å². The summed E-state index contributed by atoms with van der Waals surface area (Å²) in [6, 6.07) is 7.41. The van der Waals surface area contributed by atoms with Gasteiger partial charge in [0.15, 0.2) is 0 Å². The summed E-state index contributed by atoms with van der Waals surface area (Å²) in [6.07, 6.45) is 1.52. The Morgan fingerprint density at radius 3 is 2.95 bits per heavy atom. The van der Waals surface area contributed by atoms with Crippen molar-refractivity contribution in [2.75, 3.05) is 6.54 Å². The van der Waals surface area contributed by atoms with Crippen LogP contribution < -0.4 is 11.1 Å². The van der Waals surface area contributed by atoms with Gasteiger partial charge in [-0.1, -0.05) is 18.2 Å². The molecule has 0 aliphatic rings. The first kappa shape index (κ1) is 13.6. The predicted octanol–water partition coefficient (Wildman–Crippen LogP) is 0.535. The number of nitrogens with one attached hydrogen (secondary N) is 2. The molecule has 2 unspecified atom stereocenters. The fourth-order valence-corrected chi connectivity index (χ4v) is 1.92. The van der Waals surface area contributed by atoms with Gasteiger partial charge in [0.2, 0.25) is 5.91 Å². The lowest BCUT2D eigenvalue weighted by Gasteiger charge is -2.15. The second-order valence-electron chi connectivity index (χ2n) is 4.74. The summed E-state index contributed by atoms with van der Waals surface area (Å²) in [6.45, 7) is 1.88. The molecule has 5 heteroatoms. The number of H-pyrrole nitrogens is 1. The van der Waals surface area contributed by atoms with Crippen molar-refractivity contribution in [2.45, 2.75) is 25.5 Å². The molecule has 0 aliphatic heterocycles. The molecule has 2 aromatic rings. The molecule has 1 aromatic carbocycles. The maximum absolute atomic E-state index is 11.8. The van der Waals surface area contributed by atoms with Gasteiger partial charge in [-0.15, -0.1) is 0 Å². The molecule has 0 fully saturated rings. The van der Waals surface area contributed by atoms with Gasteiger partial charge in [-0.2, -0.15) is 0 Å². The summed E-state index contributed by atoms with van der Waals surface area (Å²) in [5, 5.41) is 13.0. The Morgan fingerprint density at radius 1 is 1.47 bits per heavy atom. The lowest BCUT2D eigenvalue weighted by Crippen LogP contribution is -2.44. The number of aliphatic hydroxyl groups is 1. The minimum Gasteiger partial charge on any atom is -0.392 e. The molecule has 1 aromatic heterocycles. The predicted molar refractivity (Wildman–Crippen MR) is 74.7 cm³/mol. The molecule has 0 saturated heterocycles. The first-order valence-corrected chi connectivity index (χ1v) is 6.33. The quantitative estimate of drug-likeness (QED) is 0.633. The van der Waals surface area contributed by atoms with E-state index in [9.17, 15) is 9.90 Å². The maximum Gasteiger partial charge on any atom is 0.224 e. The van der Waals surface area contributed by atoms with E-state index >= 15 is 0 Å². The van der Waals surface area contributed by atoms with Crippen LogP contribution in [0.15, 0.2) is 30.5 Å². The molecule has 102 valence electrons. The number of aromatic amines is 1. The highest BCUT2D eigenvalue weighted by atomic mass is 16.3. The Morgan fingerprint density at radius 2 is 2.21 bits per heavy atom. The van der Waals surface area contributed by atoms with Crippen molar-refractivity contribution in [1.82, 2.24) is 10.3 Å². The highest BCUT2D eigenvalue weighted by molar-refractivity contribution is 5.88. The van der Waals surface area contributed by atoms with Crippen LogP contribution in [0.25, 0.3) is 10.9 Å². The average Bonchev–Trinajstić information content (AvgIpc) is 2.79. The number of fused-ring (bicyclic) bond motifs is 1. The molecule has 0 aliphatic carbocycles. The molecule has 0 spiro atoms. The van der Waals surface area contributed by atoms with Crippen LogP contribution in [0, 0.1) is 0 Å². The molecular weight excluding hydrogens is 242 g/mol. The molecule has 0 bridgehead atoms. The minimum atomic E-state index is -0.631. The minimum absolute atomic E-state index is 0.0964. The van der Waals surface area contributed by atoms with E-state index < -0.39 is 12.1 Å². The topological polar surface area (TPSA) is 91.1 Å². The molecule has 5 nitrogen and oxygen atoms in total. The zero-order chi connectivity index (χ0) is 13.8. The number of aromatic nitrogens is 1. The van der Waals surface area contributed by atoms with E-state index in [1.54, 1.807) is 6.92 Å². The van der Waals surface area contributed by atoms with E-state index in [1.807, 2.05) is 30.5 Å². The molecule has 5 N–H and O–H groups in total. The third-order valence-corrected chi connectivity index (χ3v) is 3.18. The van der Waals surface area contributed by atoms with Gasteiger partial charge in [0.25, 0.3) is 0 Å². The van der Waals surface area contributed by atoms with E-state index in [4.69, 9.17) is 5.73 Å². The first-order chi connectivity index (χ1) is 9.08. The number of amides is 1. The van der Waals surface area contributed by atoms with Crippen molar-refractivity contribution < 1.29 is 9.90 Å². The number of carbonyl (C=O) groups is 1. The third kappa shape index (κ3) is 3.33. The van der Waals surface area contributed by atoms with Gasteiger partial charge in [0, 0.05) is 29.7 Å². The average molecular weight is 261 g/mol. The Labute approximate surface area is 111 Å². The summed E-state index contributed by atoms with van der Waals surface area (Å²) >= 11 is 0. The maximum atomic E-state index is 11.8. The lowest BCUT2D eigenvalue weighted by molar-refractivity contribution is -0.120. The van der Waals surface area contributed by atoms with E-state index in [0.717, 1.165) is 16.5 Å². The fraction of sp³-hybridized carbons (Fsp3) is 0.357. The molecule has 0 radical (unpaired) electrons. The van der Waals surface area contributed by atoms with Crippen molar-refractivity contribution >= 4 is 16.8 Å². The Bertz CT molecular complexity index is 563. The van der Waals surface area contributed by atoms with Gasteiger partial charge in [0.1, 0.15) is 0 Å². The Balaban J connectivity index is 1.96. The summed E-state index contributed by atoms with van der Waals surface area (Å²) < 4.78 is 0. The zero-order valence-corrected chi connectivity index (χ0v) is 10.9. The first-order valence-electron chi connectivity index (χ1n) is 6.33. The van der Waals surface area contributed by atoms with E-state index in [0.29, 0.717) is 6.42 Å². The van der Waals surface area contributed by atoms with Gasteiger partial charge in [-0.05, 0) is 18.6 Å². The largest absolute Gasteiger partial charge is 0.392 e. The molecule has 1 heterocycles. The van der Waals surface area contributed by atoms with Crippen molar-refractivity contribution in [3.63, 3.8) is 0 Å². The van der Waals surface area contributed by atoms with E-state index in [-0.39, 0.29) is 12.5 Å². The molecule has 0 saturated carbocycles. The van der Waals surface area contributed by atoms with E-state index in [2.05, 4.69) is 10.3 Å². The standard InChI is InChI=1S/C14H19N3O2/c1-9(18)12(15)8-17-14(19)6-10-7-16-13-5-3-2-4-11(10)13/h2-5,7,9,12,16,18H,6,8,15H2,1H3,(H,17,19). The highest BCUT2D eigenvalue weighted by Crippen LogP contribution is 2.17. The molecule has 2 atom stereocenters. The van der Waals surface area contributed by atoms with Gasteiger partial charge in [-0.3, -0.25) is 4.79 Å². The van der Waals surface area contributed by atoms with Crippen LogP contribution in [-0.2, 0) is 11.2 Å². The zero-order valence-electron chi connectivity index (χ0n) is 10.9. The third-order valence-electron chi connectivity index (χ3n) is 3.18. The van der Waals surface area contributed by atoms with Crippen LogP contribution in [0.2, 0.25) is 0 Å². The van der Waals surface area contributed by atoms with Gasteiger partial charge in [0.05, 0.1) is 12.5 Å².